The molecule has 0 spiro atoms. The second-order valence-corrected chi connectivity index (χ2v) is 16.5. The summed E-state index contributed by atoms with van der Waals surface area (Å²) in [6, 6.07) is 15.1. The van der Waals surface area contributed by atoms with Crippen molar-refractivity contribution in [2.75, 3.05) is 0 Å². The van der Waals surface area contributed by atoms with E-state index in [4.69, 9.17) is 0 Å². The van der Waals surface area contributed by atoms with Crippen LogP contribution in [0.3, 0.4) is 0 Å². The zero-order valence-corrected chi connectivity index (χ0v) is 28.0. The number of benzene rings is 2. The highest BCUT2D eigenvalue weighted by Gasteiger charge is 2.65. The highest BCUT2D eigenvalue weighted by atomic mass is 14.7. The van der Waals surface area contributed by atoms with Crippen molar-refractivity contribution >= 4 is 0 Å². The monoisotopic (exact) mass is 536 g/mol. The number of hydrogen-bond acceptors (Lipinski definition) is 0. The van der Waals surface area contributed by atoms with E-state index in [0.29, 0.717) is 17.8 Å². The third-order valence-electron chi connectivity index (χ3n) is 11.8. The number of allylic oxidation sites excluding steroid dienone is 4. The van der Waals surface area contributed by atoms with Gasteiger partial charge in [-0.3, -0.25) is 0 Å². The lowest BCUT2D eigenvalue weighted by Crippen LogP contribution is -2.39. The first-order chi connectivity index (χ1) is 18.5. The van der Waals surface area contributed by atoms with Crippen molar-refractivity contribution in [1.29, 1.82) is 0 Å². The molecule has 0 radical (unpaired) electrons. The van der Waals surface area contributed by atoms with E-state index in [1.807, 2.05) is 0 Å². The Labute approximate surface area is 246 Å². The van der Waals surface area contributed by atoms with E-state index in [0.717, 1.165) is 0 Å². The molecule has 0 aliphatic heterocycles. The first-order valence-electron chi connectivity index (χ1n) is 16.2. The lowest BCUT2D eigenvalue weighted by atomic mass is 9.56. The summed E-state index contributed by atoms with van der Waals surface area (Å²) in [4.78, 5) is 0. The molecule has 0 nitrogen and oxygen atoms in total. The topological polar surface area (TPSA) is 0 Å². The van der Waals surface area contributed by atoms with Gasteiger partial charge in [-0.25, -0.2) is 0 Å². The van der Waals surface area contributed by atoms with Gasteiger partial charge in [0.15, 0.2) is 0 Å². The van der Waals surface area contributed by atoms with Gasteiger partial charge in [0.1, 0.15) is 0 Å². The fourth-order valence-corrected chi connectivity index (χ4v) is 9.17. The zero-order valence-electron chi connectivity index (χ0n) is 28.0. The van der Waals surface area contributed by atoms with Gasteiger partial charge in [0.25, 0.3) is 0 Å². The highest BCUT2D eigenvalue weighted by molar-refractivity contribution is 5.81. The van der Waals surface area contributed by atoms with Crippen LogP contribution < -0.4 is 0 Å². The molecule has 0 amide bonds. The lowest BCUT2D eigenvalue weighted by molar-refractivity contribution is 0.0768. The number of hydrogen-bond donors (Lipinski definition) is 0. The molecule has 1 fully saturated rings. The Balaban J connectivity index is 1.83. The summed E-state index contributed by atoms with van der Waals surface area (Å²) >= 11 is 0. The second-order valence-electron chi connectivity index (χ2n) is 16.5. The fourth-order valence-electron chi connectivity index (χ4n) is 9.17. The smallest absolute Gasteiger partial charge is 0.0170 e. The third kappa shape index (κ3) is 3.98. The Bertz CT molecular complexity index is 1310. The third-order valence-corrected chi connectivity index (χ3v) is 11.8. The molecular weight excluding hydrogens is 480 g/mol. The minimum Gasteiger partial charge on any atom is -0.0730 e. The molecule has 3 aliphatic rings. The van der Waals surface area contributed by atoms with Crippen molar-refractivity contribution in [3.63, 3.8) is 0 Å². The van der Waals surface area contributed by atoms with E-state index in [9.17, 15) is 0 Å². The molecule has 3 unspecified atom stereocenters. The molecule has 0 N–H and O–H groups in total. The van der Waals surface area contributed by atoms with E-state index in [2.05, 4.69) is 139 Å². The summed E-state index contributed by atoms with van der Waals surface area (Å²) in [5.74, 6) is 1.50. The van der Waals surface area contributed by atoms with Crippen LogP contribution in [-0.2, 0) is 10.8 Å². The molecule has 0 bridgehead atoms. The minimum absolute atomic E-state index is 0.128. The SMILES string of the molecule is CCC1(CC)C2=CC(C(C)(C)C)=CC2C(CC)(C2c3ccc(C(C)(C)C)cc3-c3cc(C(C)(C)C)ccc32)C1C. The molecule has 40 heavy (non-hydrogen) atoms. The Morgan fingerprint density at radius 2 is 1.12 bits per heavy atom. The Morgan fingerprint density at radius 3 is 1.50 bits per heavy atom. The van der Waals surface area contributed by atoms with Gasteiger partial charge < -0.3 is 0 Å². The Hall–Kier alpha value is -2.08. The molecule has 0 aromatic heterocycles. The van der Waals surface area contributed by atoms with Gasteiger partial charge >= 0.3 is 0 Å². The van der Waals surface area contributed by atoms with Crippen molar-refractivity contribution in [1.82, 2.24) is 0 Å². The summed E-state index contributed by atoms with van der Waals surface area (Å²) < 4.78 is 0. The molecule has 3 aliphatic carbocycles. The number of rotatable bonds is 4. The first kappa shape index (κ1) is 29.4. The minimum atomic E-state index is 0.128. The van der Waals surface area contributed by atoms with Crippen LogP contribution in [-0.4, -0.2) is 0 Å². The predicted octanol–water partition coefficient (Wildman–Crippen LogP) is 11.8. The van der Waals surface area contributed by atoms with E-state index in [1.165, 1.54) is 41.5 Å². The van der Waals surface area contributed by atoms with Crippen LogP contribution in [0, 0.1) is 28.1 Å². The van der Waals surface area contributed by atoms with Crippen LogP contribution in [0.15, 0.2) is 59.7 Å². The molecule has 216 valence electrons. The van der Waals surface area contributed by atoms with E-state index >= 15 is 0 Å². The quantitative estimate of drug-likeness (QED) is 0.364. The summed E-state index contributed by atoms with van der Waals surface area (Å²) in [7, 11) is 0. The maximum Gasteiger partial charge on any atom is 0.0170 e. The summed E-state index contributed by atoms with van der Waals surface area (Å²) in [5, 5.41) is 0. The Morgan fingerprint density at radius 1 is 0.650 bits per heavy atom. The van der Waals surface area contributed by atoms with Crippen molar-refractivity contribution in [2.24, 2.45) is 28.1 Å². The normalized spacial score (nSPS) is 25.9. The van der Waals surface area contributed by atoms with Gasteiger partial charge in [0.2, 0.25) is 0 Å². The van der Waals surface area contributed by atoms with E-state index in [1.54, 1.807) is 22.3 Å². The predicted molar refractivity (Wildman–Crippen MR) is 175 cm³/mol. The van der Waals surface area contributed by atoms with Gasteiger partial charge in [-0.2, -0.15) is 0 Å². The maximum absolute atomic E-state index is 2.73. The van der Waals surface area contributed by atoms with Gasteiger partial charge in [0.05, 0.1) is 0 Å². The second kappa shape index (κ2) is 9.21. The van der Waals surface area contributed by atoms with Crippen LogP contribution in [0.1, 0.15) is 137 Å². The van der Waals surface area contributed by atoms with Crippen molar-refractivity contribution in [2.45, 2.75) is 126 Å². The molecule has 2 aromatic carbocycles. The van der Waals surface area contributed by atoms with Gasteiger partial charge in [-0.1, -0.05) is 144 Å². The average molecular weight is 537 g/mol. The molecule has 0 heteroatoms. The average Bonchev–Trinajstić information content (AvgIpc) is 3.51. The van der Waals surface area contributed by atoms with Crippen molar-refractivity contribution < 1.29 is 0 Å². The largest absolute Gasteiger partial charge is 0.0730 e. The summed E-state index contributed by atoms with van der Waals surface area (Å²) in [6.45, 7) is 31.4. The van der Waals surface area contributed by atoms with Crippen LogP contribution in [0.5, 0.6) is 0 Å². The van der Waals surface area contributed by atoms with Crippen LogP contribution >= 0.6 is 0 Å². The molecule has 0 saturated heterocycles. The summed E-state index contributed by atoms with van der Waals surface area (Å²) in [5.41, 5.74) is 13.1. The van der Waals surface area contributed by atoms with E-state index in [-0.39, 0.29) is 27.1 Å². The molecular formula is C40H56. The van der Waals surface area contributed by atoms with Crippen LogP contribution in [0.2, 0.25) is 0 Å². The molecule has 5 rings (SSSR count). The molecule has 1 saturated carbocycles. The molecule has 2 aromatic rings. The zero-order chi connectivity index (χ0) is 29.6. The van der Waals surface area contributed by atoms with Crippen molar-refractivity contribution in [3.8, 4) is 11.1 Å². The molecule has 0 heterocycles. The van der Waals surface area contributed by atoms with Gasteiger partial charge in [0, 0.05) is 11.8 Å². The van der Waals surface area contributed by atoms with Crippen molar-refractivity contribution in [3.05, 3.63) is 82.0 Å². The first-order valence-corrected chi connectivity index (χ1v) is 16.2. The van der Waals surface area contributed by atoms with E-state index < -0.39 is 0 Å². The molecule has 3 atom stereocenters. The Kier molecular flexibility index (Phi) is 6.77. The lowest BCUT2D eigenvalue weighted by Gasteiger charge is -2.47. The fraction of sp³-hybridized carbons (Fsp3) is 0.600. The highest BCUT2D eigenvalue weighted by Crippen LogP contribution is 2.74. The van der Waals surface area contributed by atoms with Gasteiger partial charge in [-0.05, 0) is 91.2 Å². The number of fused-ring (bicyclic) bond motifs is 4. The summed E-state index contributed by atoms with van der Waals surface area (Å²) in [6.07, 6.45) is 9.02. The van der Waals surface area contributed by atoms with Gasteiger partial charge in [-0.15, -0.1) is 0 Å². The standard InChI is InChI=1S/C40H56/c1-14-39(15-2)25(4)40(16-3,34-24-28(23-33(34)39)38(11,12)13)35-29-19-17-26(36(5,6)7)21-31(29)32-22-27(37(8,9)10)18-20-30(32)35/h17-25,34-35H,14-16H2,1-13H3. The van der Waals surface area contributed by atoms with Crippen LogP contribution in [0.4, 0.5) is 0 Å². The maximum atomic E-state index is 2.73. The van der Waals surface area contributed by atoms with Crippen LogP contribution in [0.25, 0.3) is 11.1 Å².